The molecule has 0 radical (unpaired) electrons. The second-order valence-corrected chi connectivity index (χ2v) is 3.24. The van der Waals surface area contributed by atoms with E-state index in [9.17, 15) is 9.59 Å². The summed E-state index contributed by atoms with van der Waals surface area (Å²) < 4.78 is 4.73. The first-order chi connectivity index (χ1) is 6.47. The molecule has 82 valence electrons. The number of likely N-dealkylation sites (N-methyl/N-ethyl adjacent to an activating group) is 1. The Kier molecular flexibility index (Phi) is 5.87. The van der Waals surface area contributed by atoms with E-state index in [0.29, 0.717) is 13.2 Å². The number of carbonyl (C=O) groups excluding carboxylic acids is 1. The van der Waals surface area contributed by atoms with Crippen molar-refractivity contribution in [1.29, 1.82) is 0 Å². The Labute approximate surface area is 83.6 Å². The number of esters is 1. The molecule has 0 aromatic rings. The number of aliphatic carboxylic acids is 1. The zero-order chi connectivity index (χ0) is 11.1. The van der Waals surface area contributed by atoms with Crippen LogP contribution < -0.4 is 0 Å². The zero-order valence-corrected chi connectivity index (χ0v) is 8.82. The third-order valence-electron chi connectivity index (χ3n) is 1.71. The molecule has 0 amide bonds. The van der Waals surface area contributed by atoms with E-state index < -0.39 is 11.9 Å². The van der Waals surface area contributed by atoms with Crippen molar-refractivity contribution in [1.82, 2.24) is 4.90 Å². The summed E-state index contributed by atoms with van der Waals surface area (Å²) in [4.78, 5) is 23.1. The number of rotatable bonds is 6. The Hall–Kier alpha value is -1.10. The fourth-order valence-corrected chi connectivity index (χ4v) is 1.04. The summed E-state index contributed by atoms with van der Waals surface area (Å²) in [6.07, 6.45) is 0. The number of carboxylic acids is 1. The smallest absolute Gasteiger partial charge is 0.320 e. The average Bonchev–Trinajstić information content (AvgIpc) is 2.03. The summed E-state index contributed by atoms with van der Waals surface area (Å²) in [5, 5.41) is 8.63. The molecule has 0 bridgehead atoms. The molecule has 0 aromatic carbocycles. The van der Waals surface area contributed by atoms with Crippen LogP contribution in [-0.2, 0) is 14.3 Å². The molecule has 1 N–H and O–H groups in total. The van der Waals surface area contributed by atoms with Crippen LogP contribution in [0, 0.1) is 5.92 Å². The van der Waals surface area contributed by atoms with Gasteiger partial charge >= 0.3 is 11.9 Å². The van der Waals surface area contributed by atoms with E-state index in [1.807, 2.05) is 0 Å². The highest BCUT2D eigenvalue weighted by atomic mass is 16.5. The molecule has 0 saturated heterocycles. The van der Waals surface area contributed by atoms with Crippen molar-refractivity contribution in [3.8, 4) is 0 Å². The van der Waals surface area contributed by atoms with E-state index in [1.54, 1.807) is 25.8 Å². The van der Waals surface area contributed by atoms with Crippen molar-refractivity contribution < 1.29 is 19.4 Å². The minimum absolute atomic E-state index is 0.130. The Morgan fingerprint density at radius 3 is 2.50 bits per heavy atom. The molecule has 0 aromatic heterocycles. The fraction of sp³-hybridized carbons (Fsp3) is 0.778. The van der Waals surface area contributed by atoms with Crippen molar-refractivity contribution in [3.05, 3.63) is 0 Å². The Morgan fingerprint density at radius 1 is 1.50 bits per heavy atom. The molecule has 5 heteroatoms. The van der Waals surface area contributed by atoms with Gasteiger partial charge in [0.1, 0.15) is 0 Å². The summed E-state index contributed by atoms with van der Waals surface area (Å²) >= 11 is 0. The Morgan fingerprint density at radius 2 is 2.07 bits per heavy atom. The normalized spacial score (nSPS) is 12.6. The molecule has 0 spiro atoms. The maximum atomic E-state index is 11.0. The van der Waals surface area contributed by atoms with Crippen LogP contribution in [0.25, 0.3) is 0 Å². The Bertz CT molecular complexity index is 205. The molecule has 0 fully saturated rings. The largest absolute Gasteiger partial charge is 0.481 e. The third kappa shape index (κ3) is 5.53. The highest BCUT2D eigenvalue weighted by Crippen LogP contribution is 1.98. The first kappa shape index (κ1) is 12.9. The first-order valence-electron chi connectivity index (χ1n) is 4.54. The predicted molar refractivity (Wildman–Crippen MR) is 50.9 cm³/mol. The minimum atomic E-state index is -0.860. The highest BCUT2D eigenvalue weighted by molar-refractivity contribution is 5.72. The van der Waals surface area contributed by atoms with Gasteiger partial charge in [0.15, 0.2) is 0 Å². The van der Waals surface area contributed by atoms with Gasteiger partial charge in [-0.25, -0.2) is 0 Å². The standard InChI is InChI=1S/C9H17NO4/c1-4-14-8(11)6-10(3)5-7(2)9(12)13/h7H,4-6H2,1-3H3,(H,12,13). The van der Waals surface area contributed by atoms with Gasteiger partial charge in [-0.3, -0.25) is 14.5 Å². The molecule has 5 nitrogen and oxygen atoms in total. The summed E-state index contributed by atoms with van der Waals surface area (Å²) in [6, 6.07) is 0. The first-order valence-corrected chi connectivity index (χ1v) is 4.54. The van der Waals surface area contributed by atoms with E-state index >= 15 is 0 Å². The Balaban J connectivity index is 3.80. The molecule has 0 saturated carbocycles. The van der Waals surface area contributed by atoms with Gasteiger partial charge in [-0.05, 0) is 14.0 Å². The van der Waals surface area contributed by atoms with Crippen molar-refractivity contribution in [2.24, 2.45) is 5.92 Å². The van der Waals surface area contributed by atoms with Crippen LogP contribution in [0.15, 0.2) is 0 Å². The number of ether oxygens (including phenoxy) is 1. The highest BCUT2D eigenvalue weighted by Gasteiger charge is 2.15. The topological polar surface area (TPSA) is 66.8 Å². The summed E-state index contributed by atoms with van der Waals surface area (Å²) in [6.45, 7) is 4.16. The van der Waals surface area contributed by atoms with E-state index in [4.69, 9.17) is 9.84 Å². The molecule has 0 heterocycles. The van der Waals surface area contributed by atoms with Gasteiger partial charge in [-0.1, -0.05) is 6.92 Å². The van der Waals surface area contributed by atoms with Gasteiger partial charge < -0.3 is 9.84 Å². The lowest BCUT2D eigenvalue weighted by Gasteiger charge is -2.17. The molecule has 14 heavy (non-hydrogen) atoms. The number of carbonyl (C=O) groups is 2. The van der Waals surface area contributed by atoms with Crippen LogP contribution in [0.2, 0.25) is 0 Å². The van der Waals surface area contributed by atoms with E-state index in [1.165, 1.54) is 0 Å². The SMILES string of the molecule is CCOC(=O)CN(C)CC(C)C(=O)O. The van der Waals surface area contributed by atoms with E-state index in [2.05, 4.69) is 0 Å². The van der Waals surface area contributed by atoms with Crippen LogP contribution in [0.5, 0.6) is 0 Å². The molecule has 0 aliphatic heterocycles. The van der Waals surface area contributed by atoms with Crippen LogP contribution >= 0.6 is 0 Å². The predicted octanol–water partition coefficient (Wildman–Crippen LogP) is 0.202. The van der Waals surface area contributed by atoms with E-state index in [0.717, 1.165) is 0 Å². The molecule has 1 atom stereocenters. The second-order valence-electron chi connectivity index (χ2n) is 3.24. The fourth-order valence-electron chi connectivity index (χ4n) is 1.04. The lowest BCUT2D eigenvalue weighted by Crippen LogP contribution is -2.33. The summed E-state index contributed by atoms with van der Waals surface area (Å²) in [5.74, 6) is -1.66. The van der Waals surface area contributed by atoms with Gasteiger partial charge in [0.05, 0.1) is 19.1 Å². The second kappa shape index (κ2) is 6.37. The third-order valence-corrected chi connectivity index (χ3v) is 1.71. The maximum absolute atomic E-state index is 11.0. The quantitative estimate of drug-likeness (QED) is 0.625. The van der Waals surface area contributed by atoms with Gasteiger partial charge in [-0.15, -0.1) is 0 Å². The number of hydrogen-bond acceptors (Lipinski definition) is 4. The van der Waals surface area contributed by atoms with Crippen molar-refractivity contribution in [3.63, 3.8) is 0 Å². The average molecular weight is 203 g/mol. The van der Waals surface area contributed by atoms with Gasteiger partial charge in [-0.2, -0.15) is 0 Å². The molecule has 0 aliphatic rings. The lowest BCUT2D eigenvalue weighted by molar-refractivity contribution is -0.146. The van der Waals surface area contributed by atoms with Crippen LogP contribution in [0.4, 0.5) is 0 Å². The molecule has 0 rings (SSSR count). The van der Waals surface area contributed by atoms with Gasteiger partial charge in [0.25, 0.3) is 0 Å². The number of hydrogen-bond donors (Lipinski definition) is 1. The van der Waals surface area contributed by atoms with Gasteiger partial charge in [0, 0.05) is 6.54 Å². The van der Waals surface area contributed by atoms with Crippen molar-refractivity contribution >= 4 is 11.9 Å². The lowest BCUT2D eigenvalue weighted by atomic mass is 10.2. The summed E-state index contributed by atoms with van der Waals surface area (Å²) in [5.41, 5.74) is 0. The van der Waals surface area contributed by atoms with E-state index in [-0.39, 0.29) is 12.5 Å². The monoisotopic (exact) mass is 203 g/mol. The van der Waals surface area contributed by atoms with Crippen LogP contribution in [0.3, 0.4) is 0 Å². The van der Waals surface area contributed by atoms with Crippen molar-refractivity contribution in [2.75, 3.05) is 26.7 Å². The van der Waals surface area contributed by atoms with Crippen LogP contribution in [0.1, 0.15) is 13.8 Å². The molecule has 1 unspecified atom stereocenters. The number of carboxylic acid groups (broad SMARTS) is 1. The molecular weight excluding hydrogens is 186 g/mol. The van der Waals surface area contributed by atoms with Crippen molar-refractivity contribution in [2.45, 2.75) is 13.8 Å². The summed E-state index contributed by atoms with van der Waals surface area (Å²) in [7, 11) is 1.69. The van der Waals surface area contributed by atoms with Gasteiger partial charge in [0.2, 0.25) is 0 Å². The zero-order valence-electron chi connectivity index (χ0n) is 8.82. The molecular formula is C9H17NO4. The minimum Gasteiger partial charge on any atom is -0.481 e. The number of nitrogens with zero attached hydrogens (tertiary/aromatic N) is 1. The maximum Gasteiger partial charge on any atom is 0.320 e. The molecule has 0 aliphatic carbocycles. The van der Waals surface area contributed by atoms with Crippen LogP contribution in [-0.4, -0.2) is 48.7 Å².